The predicted molar refractivity (Wildman–Crippen MR) is 105 cm³/mol. The molecule has 0 bridgehead atoms. The van der Waals surface area contributed by atoms with Gasteiger partial charge in [0.2, 0.25) is 5.88 Å². The minimum atomic E-state index is -0.439. The maximum absolute atomic E-state index is 12.6. The molecule has 0 atom stereocenters. The Hall–Kier alpha value is -3.08. The average Bonchev–Trinajstić information content (AvgIpc) is 3.06. The zero-order valence-electron chi connectivity index (χ0n) is 16.3. The summed E-state index contributed by atoms with van der Waals surface area (Å²) < 4.78 is 12.5. The molecule has 0 aliphatic carbocycles. The highest BCUT2D eigenvalue weighted by atomic mass is 16.5. The van der Waals surface area contributed by atoms with Gasteiger partial charge < -0.3 is 9.47 Å². The Morgan fingerprint density at radius 3 is 2.19 bits per heavy atom. The van der Waals surface area contributed by atoms with Gasteiger partial charge in [0.05, 0.1) is 24.1 Å². The number of rotatable bonds is 4. The molecule has 0 saturated carbocycles. The number of hydrogen-bond donors (Lipinski definition) is 0. The number of nitrogens with zero attached hydrogens (tertiary/aromatic N) is 2. The van der Waals surface area contributed by atoms with Crippen molar-refractivity contribution < 1.29 is 14.3 Å². The van der Waals surface area contributed by atoms with E-state index in [-0.39, 0.29) is 5.41 Å². The van der Waals surface area contributed by atoms with Gasteiger partial charge in [0, 0.05) is 11.5 Å². The van der Waals surface area contributed by atoms with Crippen molar-refractivity contribution in [3.63, 3.8) is 0 Å². The summed E-state index contributed by atoms with van der Waals surface area (Å²) in [6.45, 7) is 8.25. The van der Waals surface area contributed by atoms with Gasteiger partial charge in [-0.2, -0.15) is 5.10 Å². The van der Waals surface area contributed by atoms with E-state index in [2.05, 4.69) is 25.9 Å². The van der Waals surface area contributed by atoms with Crippen LogP contribution in [0, 0.1) is 6.92 Å². The summed E-state index contributed by atoms with van der Waals surface area (Å²) in [5, 5.41) is 4.67. The van der Waals surface area contributed by atoms with Crippen molar-refractivity contribution in [1.29, 1.82) is 0 Å². The van der Waals surface area contributed by atoms with Crippen LogP contribution in [0.5, 0.6) is 11.6 Å². The molecule has 0 spiro atoms. The normalized spacial score (nSPS) is 11.3. The number of carbonyl (C=O) groups is 1. The molecule has 2 aromatic carbocycles. The maximum atomic E-state index is 12.6. The summed E-state index contributed by atoms with van der Waals surface area (Å²) in [5.41, 5.74) is 3.12. The first-order valence-electron chi connectivity index (χ1n) is 8.82. The largest absolute Gasteiger partial charge is 0.497 e. The fourth-order valence-electron chi connectivity index (χ4n) is 2.56. The Morgan fingerprint density at radius 1 is 1.00 bits per heavy atom. The summed E-state index contributed by atoms with van der Waals surface area (Å²) in [6.07, 6.45) is 0. The highest BCUT2D eigenvalue weighted by Crippen LogP contribution is 2.28. The Morgan fingerprint density at radius 2 is 1.63 bits per heavy atom. The molecule has 0 saturated heterocycles. The Balaban J connectivity index is 1.96. The molecule has 0 aliphatic rings. The average molecular weight is 364 g/mol. The van der Waals surface area contributed by atoms with Crippen LogP contribution < -0.4 is 9.47 Å². The summed E-state index contributed by atoms with van der Waals surface area (Å²) in [5.74, 6) is 0.641. The van der Waals surface area contributed by atoms with Crippen molar-refractivity contribution in [2.75, 3.05) is 7.11 Å². The zero-order chi connectivity index (χ0) is 19.6. The van der Waals surface area contributed by atoms with Crippen LogP contribution in [-0.2, 0) is 5.41 Å². The standard InChI is InChI=1S/C22H24N2O3/c1-15-6-10-17(11-7-15)24-20(14-19(23-24)22(2,3)4)27-21(25)16-8-12-18(26-5)13-9-16/h6-14H,1-5H3. The smallest absolute Gasteiger partial charge is 0.344 e. The molecular weight excluding hydrogens is 340 g/mol. The van der Waals surface area contributed by atoms with E-state index in [0.717, 1.165) is 16.9 Å². The molecule has 3 rings (SSSR count). The van der Waals surface area contributed by atoms with E-state index in [9.17, 15) is 4.79 Å². The fraction of sp³-hybridized carbons (Fsp3) is 0.273. The number of aromatic nitrogens is 2. The molecule has 1 aromatic heterocycles. The van der Waals surface area contributed by atoms with Crippen LogP contribution in [0.3, 0.4) is 0 Å². The Bertz CT molecular complexity index is 933. The van der Waals surface area contributed by atoms with Crippen molar-refractivity contribution in [2.45, 2.75) is 33.1 Å². The minimum Gasteiger partial charge on any atom is -0.497 e. The van der Waals surface area contributed by atoms with Gasteiger partial charge in [0.15, 0.2) is 0 Å². The van der Waals surface area contributed by atoms with Crippen LogP contribution in [0.2, 0.25) is 0 Å². The first-order chi connectivity index (χ1) is 12.8. The number of hydrogen-bond acceptors (Lipinski definition) is 4. The van der Waals surface area contributed by atoms with E-state index in [1.165, 1.54) is 0 Å². The van der Waals surface area contributed by atoms with Crippen LogP contribution >= 0.6 is 0 Å². The van der Waals surface area contributed by atoms with Gasteiger partial charge in [-0.15, -0.1) is 0 Å². The molecule has 5 heteroatoms. The van der Waals surface area contributed by atoms with E-state index >= 15 is 0 Å². The lowest BCUT2D eigenvalue weighted by atomic mass is 9.93. The predicted octanol–water partition coefficient (Wildman–Crippen LogP) is 4.71. The quantitative estimate of drug-likeness (QED) is 0.629. The second-order valence-electron chi connectivity index (χ2n) is 7.48. The van der Waals surface area contributed by atoms with Gasteiger partial charge in [0.1, 0.15) is 5.75 Å². The highest BCUT2D eigenvalue weighted by Gasteiger charge is 2.23. The maximum Gasteiger partial charge on any atom is 0.344 e. The van der Waals surface area contributed by atoms with Crippen molar-refractivity contribution in [1.82, 2.24) is 9.78 Å². The second kappa shape index (κ2) is 7.27. The van der Waals surface area contributed by atoms with Crippen molar-refractivity contribution in [2.24, 2.45) is 0 Å². The number of esters is 1. The minimum absolute atomic E-state index is 0.169. The van der Waals surface area contributed by atoms with E-state index < -0.39 is 5.97 Å². The third-order valence-corrected chi connectivity index (χ3v) is 4.25. The number of benzene rings is 2. The first-order valence-corrected chi connectivity index (χ1v) is 8.82. The van der Waals surface area contributed by atoms with Crippen LogP contribution in [0.15, 0.2) is 54.6 Å². The molecule has 0 radical (unpaired) electrons. The molecule has 0 N–H and O–H groups in total. The number of carbonyl (C=O) groups excluding carboxylic acids is 1. The zero-order valence-corrected chi connectivity index (χ0v) is 16.3. The monoisotopic (exact) mass is 364 g/mol. The highest BCUT2D eigenvalue weighted by molar-refractivity contribution is 5.91. The summed E-state index contributed by atoms with van der Waals surface area (Å²) in [6, 6.07) is 16.6. The third-order valence-electron chi connectivity index (χ3n) is 4.25. The topological polar surface area (TPSA) is 53.4 Å². The van der Waals surface area contributed by atoms with E-state index in [4.69, 9.17) is 9.47 Å². The van der Waals surface area contributed by atoms with Gasteiger partial charge >= 0.3 is 5.97 Å². The lowest BCUT2D eigenvalue weighted by Gasteiger charge is -2.13. The van der Waals surface area contributed by atoms with Gasteiger partial charge in [-0.25, -0.2) is 9.48 Å². The molecule has 1 heterocycles. The van der Waals surface area contributed by atoms with Crippen LogP contribution in [0.4, 0.5) is 0 Å². The van der Waals surface area contributed by atoms with Gasteiger partial charge in [-0.1, -0.05) is 38.5 Å². The van der Waals surface area contributed by atoms with E-state index in [0.29, 0.717) is 17.2 Å². The van der Waals surface area contributed by atoms with Crippen LogP contribution in [-0.4, -0.2) is 22.9 Å². The molecule has 5 nitrogen and oxygen atoms in total. The summed E-state index contributed by atoms with van der Waals surface area (Å²) >= 11 is 0. The molecule has 3 aromatic rings. The number of ether oxygens (including phenoxy) is 2. The molecular formula is C22H24N2O3. The van der Waals surface area contributed by atoms with Gasteiger partial charge in [0.25, 0.3) is 0 Å². The Labute approximate surface area is 159 Å². The molecule has 0 fully saturated rings. The van der Waals surface area contributed by atoms with Gasteiger partial charge in [-0.05, 0) is 43.3 Å². The van der Waals surface area contributed by atoms with Crippen LogP contribution in [0.25, 0.3) is 5.69 Å². The molecule has 0 aliphatic heterocycles. The summed E-state index contributed by atoms with van der Waals surface area (Å²) in [7, 11) is 1.58. The van der Waals surface area contributed by atoms with E-state index in [1.807, 2.05) is 37.3 Å². The van der Waals surface area contributed by atoms with Crippen molar-refractivity contribution in [3.05, 3.63) is 71.4 Å². The molecule has 140 valence electrons. The second-order valence-corrected chi connectivity index (χ2v) is 7.48. The molecule has 0 unspecified atom stereocenters. The fourth-order valence-corrected chi connectivity index (χ4v) is 2.56. The van der Waals surface area contributed by atoms with Crippen molar-refractivity contribution >= 4 is 5.97 Å². The molecule has 0 amide bonds. The lowest BCUT2D eigenvalue weighted by Crippen LogP contribution is -2.13. The first kappa shape index (κ1) is 18.7. The SMILES string of the molecule is COc1ccc(C(=O)Oc2cc(C(C)(C)C)nn2-c2ccc(C)cc2)cc1. The van der Waals surface area contributed by atoms with Gasteiger partial charge in [-0.3, -0.25) is 0 Å². The number of methoxy groups -OCH3 is 1. The summed E-state index contributed by atoms with van der Waals surface area (Å²) in [4.78, 5) is 12.6. The van der Waals surface area contributed by atoms with E-state index in [1.54, 1.807) is 36.1 Å². The number of aryl methyl sites for hydroxylation is 1. The molecule has 27 heavy (non-hydrogen) atoms. The third kappa shape index (κ3) is 4.19. The van der Waals surface area contributed by atoms with Crippen molar-refractivity contribution in [3.8, 4) is 17.3 Å². The Kier molecular flexibility index (Phi) is 5.04. The lowest BCUT2D eigenvalue weighted by molar-refractivity contribution is 0.0723. The van der Waals surface area contributed by atoms with Crippen LogP contribution in [0.1, 0.15) is 42.4 Å².